The number of carbonyl (C=O) groups is 1. The smallest absolute Gasteiger partial charge is 0.417 e. The predicted molar refractivity (Wildman–Crippen MR) is 142 cm³/mol. The number of anilines is 2. The highest BCUT2D eigenvalue weighted by molar-refractivity contribution is 7.92. The third-order valence-electron chi connectivity index (χ3n) is 5.60. The predicted octanol–water partition coefficient (Wildman–Crippen LogP) is 5.80. The van der Waals surface area contributed by atoms with E-state index in [-0.39, 0.29) is 46.9 Å². The number of benzene rings is 1. The molecule has 10 nitrogen and oxygen atoms in total. The summed E-state index contributed by atoms with van der Waals surface area (Å²) in [5.74, 6) is -0.832. The van der Waals surface area contributed by atoms with E-state index in [2.05, 4.69) is 19.9 Å². The largest absolute Gasteiger partial charge is 0.460 e. The van der Waals surface area contributed by atoms with Gasteiger partial charge in [-0.1, -0.05) is 35.3 Å². The van der Waals surface area contributed by atoms with Crippen molar-refractivity contribution in [1.82, 2.24) is 10.1 Å². The summed E-state index contributed by atoms with van der Waals surface area (Å²) in [7, 11) is -4.63. The molecule has 0 spiro atoms. The number of aliphatic imine (C=N–C) groups is 1. The molecule has 3 heterocycles. The fourth-order valence-electron chi connectivity index (χ4n) is 3.83. The number of esters is 1. The summed E-state index contributed by atoms with van der Waals surface area (Å²) in [4.78, 5) is 22.1. The van der Waals surface area contributed by atoms with Gasteiger partial charge in [0.1, 0.15) is 12.0 Å². The van der Waals surface area contributed by atoms with Gasteiger partial charge in [0, 0.05) is 12.3 Å². The van der Waals surface area contributed by atoms with Gasteiger partial charge in [-0.25, -0.2) is 13.2 Å². The molecule has 2 aromatic heterocycles. The lowest BCUT2D eigenvalue weighted by molar-refractivity contribution is -0.137. The van der Waals surface area contributed by atoms with Crippen molar-refractivity contribution in [2.45, 2.75) is 31.3 Å². The molecule has 16 heteroatoms. The minimum atomic E-state index is -4.89. The molecular formula is C24H20Cl2F3N5O5S. The zero-order chi connectivity index (χ0) is 29.2. The number of nitrogens with zero attached hydrogens (tertiary/aromatic N) is 4. The lowest BCUT2D eigenvalue weighted by Gasteiger charge is -2.31. The van der Waals surface area contributed by atoms with Gasteiger partial charge in [-0.05, 0) is 43.2 Å². The number of alkyl halides is 3. The molecule has 1 aliphatic rings. The summed E-state index contributed by atoms with van der Waals surface area (Å²) in [5, 5.41) is 3.27. The molecule has 0 bridgehead atoms. The van der Waals surface area contributed by atoms with Crippen molar-refractivity contribution in [3.63, 3.8) is 0 Å². The van der Waals surface area contributed by atoms with Crippen LogP contribution >= 0.6 is 23.2 Å². The first-order valence-corrected chi connectivity index (χ1v) is 13.8. The molecule has 0 atom stereocenters. The lowest BCUT2D eigenvalue weighted by Crippen LogP contribution is -2.41. The molecular weight excluding hydrogens is 598 g/mol. The second-order valence-electron chi connectivity index (χ2n) is 8.15. The maximum atomic E-state index is 13.4. The number of halogens is 5. The van der Waals surface area contributed by atoms with Crippen LogP contribution in [0.2, 0.25) is 10.0 Å². The van der Waals surface area contributed by atoms with Gasteiger partial charge in [0.05, 0.1) is 45.0 Å². The van der Waals surface area contributed by atoms with Crippen LogP contribution in [-0.2, 0) is 25.7 Å². The number of amidine groups is 1. The maximum absolute atomic E-state index is 13.4. The van der Waals surface area contributed by atoms with Crippen molar-refractivity contribution in [2.24, 2.45) is 4.99 Å². The number of sulfonamides is 1. The van der Waals surface area contributed by atoms with E-state index in [4.69, 9.17) is 32.5 Å². The molecule has 3 aromatic rings. The van der Waals surface area contributed by atoms with Crippen molar-refractivity contribution in [1.29, 1.82) is 0 Å². The van der Waals surface area contributed by atoms with Crippen molar-refractivity contribution >= 4 is 62.2 Å². The summed E-state index contributed by atoms with van der Waals surface area (Å²) in [6.07, 6.45) is -2.00. The first kappa shape index (κ1) is 29.4. The second-order valence-corrected chi connectivity index (χ2v) is 10.7. The quantitative estimate of drug-likeness (QED) is 0.314. The highest BCUT2D eigenvalue weighted by Gasteiger charge is 2.37. The van der Waals surface area contributed by atoms with E-state index >= 15 is 0 Å². The third kappa shape index (κ3) is 5.93. The van der Waals surface area contributed by atoms with Crippen molar-refractivity contribution in [3.05, 3.63) is 69.7 Å². The molecule has 40 heavy (non-hydrogen) atoms. The Balaban J connectivity index is 1.87. The molecule has 1 N–H and O–H groups in total. The van der Waals surface area contributed by atoms with E-state index in [0.717, 1.165) is 12.1 Å². The molecule has 0 unspecified atom stereocenters. The van der Waals surface area contributed by atoms with Gasteiger partial charge in [0.25, 0.3) is 10.0 Å². The Hall–Kier alpha value is -3.62. The van der Waals surface area contributed by atoms with Crippen LogP contribution in [0.15, 0.2) is 62.8 Å². The third-order valence-corrected chi connectivity index (χ3v) is 7.50. The summed E-state index contributed by atoms with van der Waals surface area (Å²) >= 11 is 11.8. The molecule has 0 amide bonds. The lowest BCUT2D eigenvalue weighted by atomic mass is 10.0. The van der Waals surface area contributed by atoms with Crippen LogP contribution in [0.25, 0.3) is 5.70 Å². The van der Waals surface area contributed by atoms with E-state index in [1.807, 2.05) is 6.92 Å². The SMILES string of the molecule is CCOC(=O)C1=NCC(CC)=C(c2ncc(Cl)cc2NS(=O)(=O)c2ccc(Cl)c(C(F)(F)F)c2)N1c1ccon1. The van der Waals surface area contributed by atoms with E-state index in [0.29, 0.717) is 18.1 Å². The number of hydrogen-bond donors (Lipinski definition) is 1. The van der Waals surface area contributed by atoms with Gasteiger partial charge in [-0.3, -0.25) is 19.6 Å². The normalized spacial score (nSPS) is 14.3. The summed E-state index contributed by atoms with van der Waals surface area (Å²) in [6, 6.07) is 4.87. The molecule has 0 fully saturated rings. The Kier molecular flexibility index (Phi) is 8.42. The molecule has 0 radical (unpaired) electrons. The molecule has 0 saturated carbocycles. The minimum absolute atomic E-state index is 0.00506. The van der Waals surface area contributed by atoms with E-state index in [9.17, 15) is 26.4 Å². The zero-order valence-electron chi connectivity index (χ0n) is 20.8. The summed E-state index contributed by atoms with van der Waals surface area (Å²) < 4.78 is 79.3. The fourth-order valence-corrected chi connectivity index (χ4v) is 5.29. The van der Waals surface area contributed by atoms with Gasteiger partial charge < -0.3 is 9.26 Å². The first-order chi connectivity index (χ1) is 18.9. The standard InChI is InChI=1S/C24H20Cl2F3N5O5S/c1-3-13-11-31-22(23(35)38-4-2)34(19-7-8-39-32-19)21(13)20-18(9-14(25)12-30-20)33-40(36,37)15-5-6-17(26)16(10-15)24(27,28)29/h5-10,12,33H,3-4,11H2,1-2H3. The number of hydrogen-bond acceptors (Lipinski definition) is 9. The van der Waals surface area contributed by atoms with Crippen LogP contribution in [0.5, 0.6) is 0 Å². The number of pyridine rings is 1. The van der Waals surface area contributed by atoms with Crippen molar-refractivity contribution in [3.8, 4) is 0 Å². The Morgan fingerprint density at radius 2 is 1.95 bits per heavy atom. The highest BCUT2D eigenvalue weighted by atomic mass is 35.5. The van der Waals surface area contributed by atoms with Crippen LogP contribution in [0, 0.1) is 0 Å². The van der Waals surface area contributed by atoms with Crippen molar-refractivity contribution < 1.29 is 35.6 Å². The fraction of sp³-hybridized carbons (Fsp3) is 0.250. The average molecular weight is 618 g/mol. The van der Waals surface area contributed by atoms with Crippen LogP contribution in [0.1, 0.15) is 31.5 Å². The molecule has 0 aliphatic carbocycles. The van der Waals surface area contributed by atoms with E-state index < -0.39 is 37.7 Å². The number of nitrogens with one attached hydrogen (secondary N) is 1. The van der Waals surface area contributed by atoms with Crippen LogP contribution < -0.4 is 9.62 Å². The summed E-state index contributed by atoms with van der Waals surface area (Å²) in [5.41, 5.74) is -0.657. The summed E-state index contributed by atoms with van der Waals surface area (Å²) in [6.45, 7) is 3.52. The molecule has 212 valence electrons. The van der Waals surface area contributed by atoms with Gasteiger partial charge >= 0.3 is 12.1 Å². The number of carbonyl (C=O) groups excluding carboxylic acids is 1. The van der Waals surface area contributed by atoms with Gasteiger partial charge in [0.2, 0.25) is 5.84 Å². The Labute approximate surface area is 236 Å². The molecule has 1 aromatic carbocycles. The first-order valence-electron chi connectivity index (χ1n) is 11.6. The van der Waals surface area contributed by atoms with Gasteiger partial charge in [-0.15, -0.1) is 0 Å². The molecule has 4 rings (SSSR count). The second kappa shape index (κ2) is 11.5. The van der Waals surface area contributed by atoms with Crippen LogP contribution in [0.3, 0.4) is 0 Å². The van der Waals surface area contributed by atoms with E-state index in [1.54, 1.807) is 6.92 Å². The topological polar surface area (TPSA) is 127 Å². The Morgan fingerprint density at radius 3 is 2.58 bits per heavy atom. The van der Waals surface area contributed by atoms with Crippen LogP contribution in [0.4, 0.5) is 24.7 Å². The van der Waals surface area contributed by atoms with Gasteiger partial charge in [-0.2, -0.15) is 13.2 Å². The van der Waals surface area contributed by atoms with E-state index in [1.165, 1.54) is 29.5 Å². The highest BCUT2D eigenvalue weighted by Crippen LogP contribution is 2.39. The van der Waals surface area contributed by atoms with Gasteiger partial charge in [0.15, 0.2) is 5.82 Å². The molecule has 1 aliphatic heterocycles. The number of rotatable bonds is 8. The minimum Gasteiger partial charge on any atom is -0.460 e. The Morgan fingerprint density at radius 1 is 1.20 bits per heavy atom. The maximum Gasteiger partial charge on any atom is 0.417 e. The van der Waals surface area contributed by atoms with Crippen molar-refractivity contribution in [2.75, 3.05) is 22.8 Å². The Bertz CT molecular complexity index is 1610. The number of ether oxygens (including phenoxy) is 1. The number of aromatic nitrogens is 2. The van der Waals surface area contributed by atoms with Crippen LogP contribution in [-0.4, -0.2) is 43.5 Å². The monoisotopic (exact) mass is 617 g/mol. The average Bonchev–Trinajstić information content (AvgIpc) is 3.42. The molecule has 0 saturated heterocycles. The zero-order valence-corrected chi connectivity index (χ0v) is 23.1.